The maximum absolute atomic E-state index is 13.6. The molecule has 1 aromatic carbocycles. The predicted octanol–water partition coefficient (Wildman–Crippen LogP) is 2.59. The van der Waals surface area contributed by atoms with Crippen LogP contribution in [0.5, 0.6) is 0 Å². The summed E-state index contributed by atoms with van der Waals surface area (Å²) < 4.78 is 13.6. The number of carbonyl (C=O) groups excluding carboxylic acids is 1. The molecule has 0 bridgehead atoms. The van der Waals surface area contributed by atoms with Gasteiger partial charge in [0.25, 0.3) is 0 Å². The lowest BCUT2D eigenvalue weighted by molar-refractivity contribution is -0.129. The van der Waals surface area contributed by atoms with Crippen molar-refractivity contribution in [1.29, 1.82) is 0 Å². The van der Waals surface area contributed by atoms with Crippen LogP contribution in [0.2, 0.25) is 0 Å². The van der Waals surface area contributed by atoms with Gasteiger partial charge in [-0.15, -0.1) is 11.3 Å². The lowest BCUT2D eigenvalue weighted by Crippen LogP contribution is -2.34. The predicted molar refractivity (Wildman–Crippen MR) is 91.7 cm³/mol. The summed E-state index contributed by atoms with van der Waals surface area (Å²) >= 11 is 1.36. The zero-order chi connectivity index (χ0) is 16.8. The van der Waals surface area contributed by atoms with E-state index in [1.807, 2.05) is 24.4 Å². The van der Waals surface area contributed by atoms with Crippen molar-refractivity contribution in [3.63, 3.8) is 0 Å². The molecule has 2 rings (SSSR count). The minimum Gasteiger partial charge on any atom is -0.344 e. The van der Waals surface area contributed by atoms with Gasteiger partial charge in [-0.1, -0.05) is 12.1 Å². The van der Waals surface area contributed by atoms with Gasteiger partial charge in [-0.05, 0) is 26.2 Å². The third-order valence-corrected chi connectivity index (χ3v) is 4.11. The van der Waals surface area contributed by atoms with Crippen LogP contribution in [-0.4, -0.2) is 54.9 Å². The number of aromatic nitrogens is 1. The molecule has 0 spiro atoms. The Labute approximate surface area is 139 Å². The number of likely N-dealkylation sites (N-methyl/N-ethyl adjacent to an activating group) is 2. The second-order valence-corrected chi connectivity index (χ2v) is 6.40. The Morgan fingerprint density at radius 2 is 2.00 bits per heavy atom. The lowest BCUT2D eigenvalue weighted by Gasteiger charge is -2.19. The Morgan fingerprint density at radius 1 is 1.26 bits per heavy atom. The van der Waals surface area contributed by atoms with Crippen LogP contribution in [0.3, 0.4) is 0 Å². The highest BCUT2D eigenvalue weighted by Crippen LogP contribution is 2.23. The van der Waals surface area contributed by atoms with Crippen LogP contribution in [0.15, 0.2) is 29.6 Å². The summed E-state index contributed by atoms with van der Waals surface area (Å²) in [6.07, 6.45) is 0.249. The number of hydrogen-bond donors (Lipinski definition) is 1. The van der Waals surface area contributed by atoms with E-state index in [2.05, 4.69) is 10.3 Å². The molecule has 2 aromatic rings. The van der Waals surface area contributed by atoms with E-state index in [1.165, 1.54) is 17.4 Å². The number of thiazole rings is 1. The van der Waals surface area contributed by atoms with Crippen LogP contribution in [0.25, 0.3) is 0 Å². The Balaban J connectivity index is 1.92. The van der Waals surface area contributed by atoms with Crippen LogP contribution in [-0.2, 0) is 11.2 Å². The van der Waals surface area contributed by atoms with Gasteiger partial charge in [0, 0.05) is 25.5 Å². The number of rotatable bonds is 7. The largest absolute Gasteiger partial charge is 0.344 e. The molecule has 23 heavy (non-hydrogen) atoms. The van der Waals surface area contributed by atoms with Gasteiger partial charge in [-0.2, -0.15) is 0 Å². The third kappa shape index (κ3) is 5.30. The molecule has 5 nitrogen and oxygen atoms in total. The molecule has 0 unspecified atom stereocenters. The number of para-hydroxylation sites is 1. The summed E-state index contributed by atoms with van der Waals surface area (Å²) in [5.41, 5.74) is 1.07. The SMILES string of the molecule is CN(C)CCN(C)C(=O)Cc1csc(Nc2ccccc2F)n1. The number of carbonyl (C=O) groups is 1. The molecule has 0 saturated heterocycles. The highest BCUT2D eigenvalue weighted by molar-refractivity contribution is 7.13. The molecular weight excluding hydrogens is 315 g/mol. The van der Waals surface area contributed by atoms with Gasteiger partial charge >= 0.3 is 0 Å². The summed E-state index contributed by atoms with van der Waals surface area (Å²) in [7, 11) is 5.73. The maximum atomic E-state index is 13.6. The van der Waals surface area contributed by atoms with E-state index in [0.29, 0.717) is 23.1 Å². The third-order valence-electron chi connectivity index (χ3n) is 3.31. The average Bonchev–Trinajstić information content (AvgIpc) is 2.94. The maximum Gasteiger partial charge on any atom is 0.228 e. The van der Waals surface area contributed by atoms with E-state index in [0.717, 1.165) is 6.54 Å². The fourth-order valence-corrected chi connectivity index (χ4v) is 2.61. The second kappa shape index (κ2) is 8.03. The minimum absolute atomic E-state index is 0.0228. The quantitative estimate of drug-likeness (QED) is 0.844. The molecule has 0 fully saturated rings. The normalized spacial score (nSPS) is 10.8. The molecular formula is C16H21FN4OS. The highest BCUT2D eigenvalue weighted by Gasteiger charge is 2.13. The van der Waals surface area contributed by atoms with Crippen LogP contribution in [0.1, 0.15) is 5.69 Å². The van der Waals surface area contributed by atoms with Gasteiger partial charge in [0.1, 0.15) is 5.82 Å². The summed E-state index contributed by atoms with van der Waals surface area (Å²) in [5, 5.41) is 5.33. The molecule has 0 aliphatic carbocycles. The van der Waals surface area contributed by atoms with Crippen molar-refractivity contribution >= 4 is 28.1 Å². The first-order valence-corrected chi connectivity index (χ1v) is 8.18. The molecule has 1 amide bonds. The zero-order valence-corrected chi connectivity index (χ0v) is 14.4. The first-order valence-electron chi connectivity index (χ1n) is 7.30. The molecule has 124 valence electrons. The smallest absolute Gasteiger partial charge is 0.228 e. The van der Waals surface area contributed by atoms with Crippen LogP contribution in [0, 0.1) is 5.82 Å². The van der Waals surface area contributed by atoms with E-state index in [4.69, 9.17) is 0 Å². The van der Waals surface area contributed by atoms with Crippen molar-refractivity contribution in [3.05, 3.63) is 41.2 Å². The molecule has 0 aliphatic rings. The molecule has 0 aliphatic heterocycles. The van der Waals surface area contributed by atoms with E-state index in [-0.39, 0.29) is 18.1 Å². The zero-order valence-electron chi connectivity index (χ0n) is 13.5. The van der Waals surface area contributed by atoms with Crippen molar-refractivity contribution in [1.82, 2.24) is 14.8 Å². The number of nitrogens with zero attached hydrogens (tertiary/aromatic N) is 3. The van der Waals surface area contributed by atoms with E-state index in [1.54, 1.807) is 30.1 Å². The Bertz CT molecular complexity index is 659. The van der Waals surface area contributed by atoms with Gasteiger partial charge in [-0.25, -0.2) is 9.37 Å². The fraction of sp³-hybridized carbons (Fsp3) is 0.375. The van der Waals surface area contributed by atoms with E-state index >= 15 is 0 Å². The van der Waals surface area contributed by atoms with E-state index in [9.17, 15) is 9.18 Å². The topological polar surface area (TPSA) is 48.5 Å². The number of halogens is 1. The first-order chi connectivity index (χ1) is 11.0. The summed E-state index contributed by atoms with van der Waals surface area (Å²) in [4.78, 5) is 20.2. The number of anilines is 2. The molecule has 0 atom stereocenters. The fourth-order valence-electron chi connectivity index (χ4n) is 1.89. The van der Waals surface area contributed by atoms with Crippen molar-refractivity contribution in [3.8, 4) is 0 Å². The summed E-state index contributed by atoms with van der Waals surface area (Å²) in [5.74, 6) is -0.307. The Hall–Kier alpha value is -1.99. The van der Waals surface area contributed by atoms with Crippen molar-refractivity contribution in [2.45, 2.75) is 6.42 Å². The molecule has 7 heteroatoms. The lowest BCUT2D eigenvalue weighted by atomic mass is 10.3. The van der Waals surface area contributed by atoms with Gasteiger partial charge in [0.15, 0.2) is 5.13 Å². The van der Waals surface area contributed by atoms with E-state index < -0.39 is 0 Å². The van der Waals surface area contributed by atoms with Crippen molar-refractivity contribution < 1.29 is 9.18 Å². The Morgan fingerprint density at radius 3 is 2.70 bits per heavy atom. The van der Waals surface area contributed by atoms with Gasteiger partial charge in [-0.3, -0.25) is 4.79 Å². The van der Waals surface area contributed by atoms with Crippen LogP contribution in [0.4, 0.5) is 15.2 Å². The summed E-state index contributed by atoms with van der Waals surface area (Å²) in [6.45, 7) is 1.50. The average molecular weight is 336 g/mol. The van der Waals surface area contributed by atoms with Gasteiger partial charge in [0.05, 0.1) is 17.8 Å². The number of nitrogens with one attached hydrogen (secondary N) is 1. The molecule has 0 saturated carbocycles. The first kappa shape index (κ1) is 17.4. The molecule has 1 heterocycles. The molecule has 1 N–H and O–H groups in total. The Kier molecular flexibility index (Phi) is 6.06. The van der Waals surface area contributed by atoms with Crippen molar-refractivity contribution in [2.75, 3.05) is 39.5 Å². The molecule has 1 aromatic heterocycles. The number of hydrogen-bond acceptors (Lipinski definition) is 5. The number of amides is 1. The minimum atomic E-state index is -0.330. The monoisotopic (exact) mass is 336 g/mol. The van der Waals surface area contributed by atoms with Crippen molar-refractivity contribution in [2.24, 2.45) is 0 Å². The standard InChI is InChI=1S/C16H21FN4OS/c1-20(2)8-9-21(3)15(22)10-12-11-23-16(18-12)19-14-7-5-4-6-13(14)17/h4-7,11H,8-10H2,1-3H3,(H,18,19). The molecule has 0 radical (unpaired) electrons. The van der Waals surface area contributed by atoms with Crippen LogP contribution < -0.4 is 5.32 Å². The summed E-state index contributed by atoms with van der Waals surface area (Å²) in [6, 6.07) is 6.43. The second-order valence-electron chi connectivity index (χ2n) is 5.54. The number of benzene rings is 1. The van der Waals surface area contributed by atoms with Gasteiger partial charge in [0.2, 0.25) is 5.91 Å². The van der Waals surface area contributed by atoms with Crippen LogP contribution >= 0.6 is 11.3 Å². The van der Waals surface area contributed by atoms with Gasteiger partial charge < -0.3 is 15.1 Å². The highest BCUT2D eigenvalue weighted by atomic mass is 32.1.